The van der Waals surface area contributed by atoms with E-state index < -0.39 is 0 Å². The minimum Gasteiger partial charge on any atom is -0.341 e. The van der Waals surface area contributed by atoms with Gasteiger partial charge in [0.1, 0.15) is 0 Å². The first-order valence-corrected chi connectivity index (χ1v) is 6.72. The van der Waals surface area contributed by atoms with E-state index in [1.54, 1.807) is 0 Å². The number of hydrogen-bond donors (Lipinski definition) is 1. The highest BCUT2D eigenvalue weighted by atomic mass is 79.9. The van der Waals surface area contributed by atoms with Gasteiger partial charge in [0.25, 0.3) is 0 Å². The maximum atomic E-state index is 12.1. The van der Waals surface area contributed by atoms with Crippen LogP contribution in [0.1, 0.15) is 18.4 Å². The zero-order valence-corrected chi connectivity index (χ0v) is 11.3. The lowest BCUT2D eigenvalue weighted by atomic mass is 10.1. The predicted molar refractivity (Wildman–Crippen MR) is 71.6 cm³/mol. The van der Waals surface area contributed by atoms with Crippen molar-refractivity contribution < 1.29 is 4.79 Å². The monoisotopic (exact) mass is 296 g/mol. The second-order valence-corrected chi connectivity index (χ2v) is 5.46. The highest BCUT2D eigenvalue weighted by molar-refractivity contribution is 9.10. The minimum atomic E-state index is 0.151. The van der Waals surface area contributed by atoms with E-state index in [1.807, 2.05) is 29.2 Å². The molecule has 1 amide bonds. The van der Waals surface area contributed by atoms with Gasteiger partial charge in [0.2, 0.25) is 5.91 Å². The smallest absolute Gasteiger partial charge is 0.227 e. The third-order valence-electron chi connectivity index (χ3n) is 3.08. The van der Waals surface area contributed by atoms with Gasteiger partial charge in [-0.3, -0.25) is 4.79 Å². The van der Waals surface area contributed by atoms with Crippen LogP contribution < -0.4 is 5.73 Å². The van der Waals surface area contributed by atoms with Gasteiger partial charge in [0, 0.05) is 23.6 Å². The number of amides is 1. The molecule has 1 aromatic carbocycles. The molecule has 92 valence electrons. The van der Waals surface area contributed by atoms with Gasteiger partial charge in [-0.2, -0.15) is 0 Å². The van der Waals surface area contributed by atoms with Gasteiger partial charge in [0.15, 0.2) is 0 Å². The largest absolute Gasteiger partial charge is 0.341 e. The molecule has 0 saturated carbocycles. The predicted octanol–water partition coefficient (Wildman–Crippen LogP) is 1.94. The molecule has 0 radical (unpaired) electrons. The van der Waals surface area contributed by atoms with Crippen molar-refractivity contribution in [1.82, 2.24) is 4.90 Å². The van der Waals surface area contributed by atoms with Crippen LogP contribution in [0.15, 0.2) is 28.7 Å². The molecule has 1 aliphatic heterocycles. The van der Waals surface area contributed by atoms with Gasteiger partial charge >= 0.3 is 0 Å². The Labute approximate surface area is 110 Å². The Morgan fingerprint density at radius 1 is 1.41 bits per heavy atom. The number of piperidine rings is 1. The van der Waals surface area contributed by atoms with Crippen LogP contribution in [-0.4, -0.2) is 29.9 Å². The number of halogens is 1. The van der Waals surface area contributed by atoms with Gasteiger partial charge in [-0.15, -0.1) is 0 Å². The number of rotatable bonds is 2. The number of nitrogens with two attached hydrogens (primary N) is 1. The summed E-state index contributed by atoms with van der Waals surface area (Å²) in [5.41, 5.74) is 6.93. The number of carbonyl (C=O) groups excluding carboxylic acids is 1. The van der Waals surface area contributed by atoms with Crippen molar-refractivity contribution in [3.8, 4) is 0 Å². The summed E-state index contributed by atoms with van der Waals surface area (Å²) < 4.78 is 1.04. The van der Waals surface area contributed by atoms with Crippen molar-refractivity contribution in [2.75, 3.05) is 13.1 Å². The third kappa shape index (κ3) is 3.54. The molecule has 2 N–H and O–H groups in total. The number of carbonyl (C=O) groups is 1. The van der Waals surface area contributed by atoms with Crippen molar-refractivity contribution in [2.45, 2.75) is 25.3 Å². The second-order valence-electron chi connectivity index (χ2n) is 4.55. The normalized spacial score (nSPS) is 20.4. The van der Waals surface area contributed by atoms with Crippen LogP contribution in [0.2, 0.25) is 0 Å². The van der Waals surface area contributed by atoms with Crippen molar-refractivity contribution in [2.24, 2.45) is 5.73 Å². The Morgan fingerprint density at radius 2 is 2.12 bits per heavy atom. The number of benzene rings is 1. The molecule has 4 heteroatoms. The fourth-order valence-corrected chi connectivity index (χ4v) is 2.39. The van der Waals surface area contributed by atoms with Gasteiger partial charge in [0.05, 0.1) is 6.42 Å². The second kappa shape index (κ2) is 5.65. The van der Waals surface area contributed by atoms with E-state index in [0.717, 1.165) is 29.4 Å². The van der Waals surface area contributed by atoms with E-state index in [2.05, 4.69) is 15.9 Å². The van der Waals surface area contributed by atoms with Crippen molar-refractivity contribution in [1.29, 1.82) is 0 Å². The Bertz CT molecular complexity index is 391. The fraction of sp³-hybridized carbons (Fsp3) is 0.462. The summed E-state index contributed by atoms with van der Waals surface area (Å²) in [5, 5.41) is 0. The highest BCUT2D eigenvalue weighted by Gasteiger charge is 2.20. The van der Waals surface area contributed by atoms with E-state index in [9.17, 15) is 4.79 Å². The lowest BCUT2D eigenvalue weighted by Gasteiger charge is -2.30. The maximum absolute atomic E-state index is 12.1. The maximum Gasteiger partial charge on any atom is 0.227 e. The first-order chi connectivity index (χ1) is 8.15. The molecule has 1 saturated heterocycles. The van der Waals surface area contributed by atoms with Crippen molar-refractivity contribution >= 4 is 21.8 Å². The quantitative estimate of drug-likeness (QED) is 0.907. The van der Waals surface area contributed by atoms with E-state index >= 15 is 0 Å². The molecule has 2 rings (SSSR count). The lowest BCUT2D eigenvalue weighted by molar-refractivity contribution is -0.131. The average Bonchev–Trinajstić information content (AvgIpc) is 2.32. The third-order valence-corrected chi connectivity index (χ3v) is 3.61. The van der Waals surface area contributed by atoms with Crippen LogP contribution in [0.4, 0.5) is 0 Å². The molecule has 1 aliphatic rings. The molecule has 3 nitrogen and oxygen atoms in total. The van der Waals surface area contributed by atoms with E-state index in [-0.39, 0.29) is 11.9 Å². The minimum absolute atomic E-state index is 0.151. The van der Waals surface area contributed by atoms with Gasteiger partial charge in [-0.05, 0) is 30.5 Å². The fourth-order valence-electron chi connectivity index (χ4n) is 2.13. The Morgan fingerprint density at radius 3 is 2.76 bits per heavy atom. The van der Waals surface area contributed by atoms with Crippen LogP contribution in [0, 0.1) is 0 Å². The summed E-state index contributed by atoms with van der Waals surface area (Å²) >= 11 is 3.38. The summed E-state index contributed by atoms with van der Waals surface area (Å²) in [4.78, 5) is 13.9. The molecule has 0 bridgehead atoms. The summed E-state index contributed by atoms with van der Waals surface area (Å²) in [6.07, 6.45) is 2.52. The molecule has 17 heavy (non-hydrogen) atoms. The first kappa shape index (κ1) is 12.6. The van der Waals surface area contributed by atoms with Crippen LogP contribution in [0.3, 0.4) is 0 Å². The number of nitrogens with zero attached hydrogens (tertiary/aromatic N) is 1. The highest BCUT2D eigenvalue weighted by Crippen LogP contribution is 2.13. The lowest BCUT2D eigenvalue weighted by Crippen LogP contribution is -2.46. The van der Waals surface area contributed by atoms with Crippen molar-refractivity contribution in [3.63, 3.8) is 0 Å². The SMILES string of the molecule is NC1CCCN(C(=O)Cc2ccc(Br)cc2)C1. The first-order valence-electron chi connectivity index (χ1n) is 5.93. The standard InChI is InChI=1S/C13H17BrN2O/c14-11-5-3-10(4-6-11)8-13(17)16-7-1-2-12(15)9-16/h3-6,12H,1-2,7-9,15H2. The molecule has 0 aliphatic carbocycles. The van der Waals surface area contributed by atoms with Gasteiger partial charge < -0.3 is 10.6 Å². The molecule has 0 spiro atoms. The van der Waals surface area contributed by atoms with Crippen LogP contribution in [-0.2, 0) is 11.2 Å². The molecule has 0 aromatic heterocycles. The van der Waals surface area contributed by atoms with Gasteiger partial charge in [-0.25, -0.2) is 0 Å². The summed E-state index contributed by atoms with van der Waals surface area (Å²) in [5.74, 6) is 0.183. The molecule has 1 heterocycles. The summed E-state index contributed by atoms with van der Waals surface area (Å²) in [6, 6.07) is 8.03. The van der Waals surface area contributed by atoms with Crippen LogP contribution >= 0.6 is 15.9 Å². The summed E-state index contributed by atoms with van der Waals surface area (Å²) in [7, 11) is 0. The molecular weight excluding hydrogens is 280 g/mol. The Hall–Kier alpha value is -0.870. The zero-order chi connectivity index (χ0) is 12.3. The molecular formula is C13H17BrN2O. The molecule has 1 fully saturated rings. The van der Waals surface area contributed by atoms with Crippen molar-refractivity contribution in [3.05, 3.63) is 34.3 Å². The van der Waals surface area contributed by atoms with E-state index in [4.69, 9.17) is 5.73 Å². The number of hydrogen-bond acceptors (Lipinski definition) is 2. The zero-order valence-electron chi connectivity index (χ0n) is 9.73. The summed E-state index contributed by atoms with van der Waals surface area (Å²) in [6.45, 7) is 1.55. The molecule has 1 aromatic rings. The molecule has 1 atom stereocenters. The van der Waals surface area contributed by atoms with Gasteiger partial charge in [-0.1, -0.05) is 28.1 Å². The van der Waals surface area contributed by atoms with Crippen LogP contribution in [0.25, 0.3) is 0 Å². The average molecular weight is 297 g/mol. The topological polar surface area (TPSA) is 46.3 Å². The Balaban J connectivity index is 1.94. The van der Waals surface area contributed by atoms with E-state index in [0.29, 0.717) is 13.0 Å². The van der Waals surface area contributed by atoms with Crippen LogP contribution in [0.5, 0.6) is 0 Å². The Kier molecular flexibility index (Phi) is 4.18. The molecule has 1 unspecified atom stereocenters. The van der Waals surface area contributed by atoms with E-state index in [1.165, 1.54) is 0 Å². The number of likely N-dealkylation sites (tertiary alicyclic amines) is 1.